The van der Waals surface area contributed by atoms with Crippen LogP contribution in [0.4, 0.5) is 4.79 Å². The predicted molar refractivity (Wildman–Crippen MR) is 241 cm³/mol. The van der Waals surface area contributed by atoms with E-state index in [0.29, 0.717) is 61.3 Å². The highest BCUT2D eigenvalue weighted by molar-refractivity contribution is 6.18. The molecule has 57 heavy (non-hydrogen) atoms. The number of isocyanates is 1. The lowest BCUT2D eigenvalue weighted by Crippen LogP contribution is -2.39. The maximum absolute atomic E-state index is 11.6. The molecule has 3 aromatic carbocycles. The van der Waals surface area contributed by atoms with E-state index < -0.39 is 0 Å². The molecule has 4 aliphatic rings. The number of urea groups is 1. The third-order valence-corrected chi connectivity index (χ3v) is 9.72. The van der Waals surface area contributed by atoms with Gasteiger partial charge in [0.1, 0.15) is 6.61 Å². The van der Waals surface area contributed by atoms with Gasteiger partial charge in [-0.3, -0.25) is 0 Å². The van der Waals surface area contributed by atoms with Crippen molar-refractivity contribution in [2.45, 2.75) is 106 Å². The molecule has 0 radical (unpaired) electrons. The van der Waals surface area contributed by atoms with E-state index in [2.05, 4.69) is 135 Å². The van der Waals surface area contributed by atoms with Crippen LogP contribution in [0.15, 0.2) is 82.8 Å². The van der Waals surface area contributed by atoms with E-state index in [0.717, 1.165) is 25.8 Å². The van der Waals surface area contributed by atoms with Crippen molar-refractivity contribution in [3.8, 4) is 0 Å². The predicted octanol–water partition coefficient (Wildman–Crippen LogP) is 10.3. The lowest BCUT2D eigenvalue weighted by molar-refractivity contribution is 0.234. The zero-order valence-electron chi connectivity index (χ0n) is 34.6. The molecule has 0 saturated carbocycles. The minimum absolute atomic E-state index is 0. The van der Waals surface area contributed by atoms with Crippen LogP contribution in [0.3, 0.4) is 0 Å². The molecule has 3 aromatic rings. The normalized spacial score (nSPS) is 21.1. The van der Waals surface area contributed by atoms with Crippen LogP contribution >= 0.6 is 23.2 Å². The minimum Gasteiger partial charge on any atom is -0.463 e. The van der Waals surface area contributed by atoms with Crippen molar-refractivity contribution in [1.29, 1.82) is 0 Å². The van der Waals surface area contributed by atoms with Gasteiger partial charge in [-0.2, -0.15) is 0 Å². The molecule has 11 heteroatoms. The van der Waals surface area contributed by atoms with E-state index >= 15 is 0 Å². The monoisotopic (exact) mass is 824 g/mol. The molecule has 1 heterocycles. The van der Waals surface area contributed by atoms with Gasteiger partial charge in [-0.05, 0) is 70.4 Å². The van der Waals surface area contributed by atoms with E-state index in [-0.39, 0.29) is 25.5 Å². The number of fused-ring (bicyclic) bond motifs is 3. The SMILES string of the molecule is C.CC1Cc2ccccc2C1N.CC1Cc2ccccc2C1NC(=O)NCCCl.CC1Cc2ccccc2C1NC1=NCCO1.CCC.CCC.O=C=NCCCl. The number of alkyl halides is 2. The first-order chi connectivity index (χ1) is 27.1. The standard InChI is InChI=1S/C13H17ClN2O.C13H16N2O.C10H13N.C3H4ClNO.2C3H8.CH4/c1-9-8-10-4-2-3-5-11(10)12(9)16-13(17)15-7-6-14;1-9-8-10-4-2-3-5-11(10)12(9)15-13-14-6-7-16-13;1-7-6-8-4-2-3-5-9(8)10(7)11;4-1-2-5-3-6;2*1-3-2;/h2-5,9,12H,6-8H2,1H3,(H2,15,16,17);2-5,9,12H,6-8H2,1H3,(H,14,15);2-5,7,10H,6,11H2,1H3;1-2H2;2*3H2,1-2H3;1H4. The Balaban J connectivity index is 0.000000377. The van der Waals surface area contributed by atoms with Gasteiger partial charge in [0.15, 0.2) is 0 Å². The summed E-state index contributed by atoms with van der Waals surface area (Å²) in [6.07, 6.45) is 7.17. The summed E-state index contributed by atoms with van der Waals surface area (Å²) in [4.78, 5) is 28.3. The number of nitrogens with one attached hydrogen (secondary N) is 3. The Hall–Kier alpha value is -3.88. The third-order valence-electron chi connectivity index (χ3n) is 9.36. The van der Waals surface area contributed by atoms with Crippen molar-refractivity contribution in [2.24, 2.45) is 33.5 Å². The number of amidine groups is 1. The van der Waals surface area contributed by atoms with Gasteiger partial charge in [0.05, 0.1) is 25.2 Å². The van der Waals surface area contributed by atoms with Crippen LogP contribution in [0.2, 0.25) is 0 Å². The number of halogens is 2. The second-order valence-electron chi connectivity index (χ2n) is 14.5. The molecule has 0 bridgehead atoms. The van der Waals surface area contributed by atoms with E-state index in [1.807, 2.05) is 12.1 Å². The lowest BCUT2D eigenvalue weighted by atomic mass is 10.0. The summed E-state index contributed by atoms with van der Waals surface area (Å²) >= 11 is 10.6. The van der Waals surface area contributed by atoms with E-state index in [9.17, 15) is 9.59 Å². The number of ether oxygens (including phenoxy) is 1. The van der Waals surface area contributed by atoms with Gasteiger partial charge in [0.2, 0.25) is 6.08 Å². The number of rotatable bonds is 6. The molecule has 0 saturated heterocycles. The summed E-state index contributed by atoms with van der Waals surface area (Å²) in [5.74, 6) is 2.49. The number of nitrogens with two attached hydrogens (primary N) is 1. The van der Waals surface area contributed by atoms with Crippen LogP contribution in [0.1, 0.15) is 120 Å². The van der Waals surface area contributed by atoms with Gasteiger partial charge < -0.3 is 26.4 Å². The number of hydrogen-bond acceptors (Lipinski definition) is 7. The maximum Gasteiger partial charge on any atom is 0.315 e. The first kappa shape index (κ1) is 51.1. The molecule has 0 spiro atoms. The quantitative estimate of drug-likeness (QED) is 0.112. The smallest absolute Gasteiger partial charge is 0.315 e. The highest BCUT2D eigenvalue weighted by atomic mass is 35.5. The zero-order chi connectivity index (χ0) is 41.3. The fourth-order valence-corrected chi connectivity index (χ4v) is 7.03. The third kappa shape index (κ3) is 17.3. The van der Waals surface area contributed by atoms with Gasteiger partial charge in [-0.1, -0.05) is 142 Å². The summed E-state index contributed by atoms with van der Waals surface area (Å²) in [7, 11) is 0. The fourth-order valence-electron chi connectivity index (χ4n) is 6.85. The second kappa shape index (κ2) is 29.4. The zero-order valence-corrected chi connectivity index (χ0v) is 36.1. The fraction of sp³-hybridized carbons (Fsp3) is 0.543. The van der Waals surface area contributed by atoms with Gasteiger partial charge in [0, 0.05) is 24.3 Å². The summed E-state index contributed by atoms with van der Waals surface area (Å²) in [6, 6.07) is 26.7. The second-order valence-corrected chi connectivity index (χ2v) is 15.2. The molecular weight excluding hydrogens is 755 g/mol. The molecule has 9 nitrogen and oxygen atoms in total. The van der Waals surface area contributed by atoms with Crippen LogP contribution in [0.25, 0.3) is 0 Å². The van der Waals surface area contributed by atoms with Crippen LogP contribution in [0, 0.1) is 17.8 Å². The molecular formula is C46H70Cl2N6O3. The number of aliphatic imine (C=N–C) groups is 2. The first-order valence-electron chi connectivity index (χ1n) is 20.2. The molecule has 0 aromatic heterocycles. The Morgan fingerprint density at radius 1 is 0.789 bits per heavy atom. The Morgan fingerprint density at radius 2 is 1.26 bits per heavy atom. The first-order valence-corrected chi connectivity index (χ1v) is 21.3. The number of nitrogens with zero attached hydrogens (tertiary/aromatic N) is 2. The van der Waals surface area contributed by atoms with Crippen molar-refractivity contribution >= 4 is 41.3 Å². The molecule has 6 unspecified atom stereocenters. The van der Waals surface area contributed by atoms with Crippen molar-refractivity contribution in [3.05, 3.63) is 106 Å². The molecule has 316 valence electrons. The largest absolute Gasteiger partial charge is 0.463 e. The van der Waals surface area contributed by atoms with Gasteiger partial charge in [-0.15, -0.1) is 23.2 Å². The highest BCUT2D eigenvalue weighted by Gasteiger charge is 2.31. The molecule has 6 atom stereocenters. The molecule has 3 aliphatic carbocycles. The van der Waals surface area contributed by atoms with Crippen LogP contribution in [-0.2, 0) is 28.8 Å². The topological polar surface area (TPSA) is 130 Å². The summed E-state index contributed by atoms with van der Waals surface area (Å²) < 4.78 is 5.42. The van der Waals surface area contributed by atoms with Gasteiger partial charge in [-0.25, -0.2) is 19.6 Å². The molecule has 7 rings (SSSR count). The van der Waals surface area contributed by atoms with Gasteiger partial charge >= 0.3 is 6.03 Å². The summed E-state index contributed by atoms with van der Waals surface area (Å²) in [6.45, 7) is 17.5. The van der Waals surface area contributed by atoms with Gasteiger partial charge in [0.25, 0.3) is 6.02 Å². The molecule has 5 N–H and O–H groups in total. The van der Waals surface area contributed by atoms with Crippen molar-refractivity contribution in [1.82, 2.24) is 16.0 Å². The summed E-state index contributed by atoms with van der Waals surface area (Å²) in [5, 5.41) is 9.15. The van der Waals surface area contributed by atoms with E-state index in [1.165, 1.54) is 52.3 Å². The molecule has 2 amide bonds. The average molecular weight is 826 g/mol. The minimum atomic E-state index is -0.140. The summed E-state index contributed by atoms with van der Waals surface area (Å²) in [5.41, 5.74) is 14.2. The number of carbonyl (C=O) groups is 1. The van der Waals surface area contributed by atoms with Crippen LogP contribution < -0.4 is 21.7 Å². The van der Waals surface area contributed by atoms with Crippen molar-refractivity contribution < 1.29 is 14.3 Å². The Bertz CT molecular complexity index is 1650. The number of amides is 2. The van der Waals surface area contributed by atoms with Crippen molar-refractivity contribution in [2.75, 3.05) is 38.0 Å². The Labute approximate surface area is 354 Å². The lowest BCUT2D eigenvalue weighted by Gasteiger charge is -2.19. The van der Waals surface area contributed by atoms with Crippen LogP contribution in [0.5, 0.6) is 0 Å². The Kier molecular flexibility index (Phi) is 26.3. The molecule has 1 aliphatic heterocycles. The average Bonchev–Trinajstić information content (AvgIpc) is 3.97. The highest BCUT2D eigenvalue weighted by Crippen LogP contribution is 2.37. The van der Waals surface area contributed by atoms with Crippen molar-refractivity contribution in [3.63, 3.8) is 0 Å². The van der Waals surface area contributed by atoms with E-state index in [1.54, 1.807) is 0 Å². The number of benzene rings is 3. The molecule has 0 fully saturated rings. The Morgan fingerprint density at radius 3 is 1.72 bits per heavy atom. The maximum atomic E-state index is 11.6. The van der Waals surface area contributed by atoms with Crippen LogP contribution in [-0.4, -0.2) is 56.1 Å². The number of carbonyl (C=O) groups excluding carboxylic acids is 2. The van der Waals surface area contributed by atoms with E-state index in [4.69, 9.17) is 33.7 Å². The number of hydrogen-bond donors (Lipinski definition) is 4.